The van der Waals surface area contributed by atoms with Crippen LogP contribution in [0.2, 0.25) is 0 Å². The molecule has 3 aromatic rings. The van der Waals surface area contributed by atoms with Crippen molar-refractivity contribution in [2.45, 2.75) is 33.2 Å². The zero-order valence-electron chi connectivity index (χ0n) is 18.3. The van der Waals surface area contributed by atoms with Crippen molar-refractivity contribution >= 4 is 23.1 Å². The van der Waals surface area contributed by atoms with E-state index in [1.165, 1.54) is 11.2 Å². The first kappa shape index (κ1) is 21.4. The molecule has 1 saturated heterocycles. The van der Waals surface area contributed by atoms with Gasteiger partial charge in [-0.3, -0.25) is 14.5 Å². The second-order valence-electron chi connectivity index (χ2n) is 7.78. The smallest absolute Gasteiger partial charge is 0.300 e. The van der Waals surface area contributed by atoms with Gasteiger partial charge < -0.3 is 14.3 Å². The van der Waals surface area contributed by atoms with Crippen LogP contribution in [-0.2, 0) is 9.59 Å². The lowest BCUT2D eigenvalue weighted by Gasteiger charge is -2.25. The molecule has 1 atom stereocenters. The van der Waals surface area contributed by atoms with Gasteiger partial charge in [-0.2, -0.15) is 0 Å². The van der Waals surface area contributed by atoms with Crippen molar-refractivity contribution < 1.29 is 23.8 Å². The van der Waals surface area contributed by atoms with Crippen LogP contribution in [0.4, 0.5) is 5.69 Å². The standard InChI is InChI=1S/C26H25NO5/c1-4-13-31-19-10-6-9-18(15-19)24(28)22-23(21-12-7-14-32-21)27(26(30)25(22)29)20-11-5-8-16(2)17(20)3/h5-12,14-15,23,28H,4,13H2,1-3H3/b24-22-. The van der Waals surface area contributed by atoms with Gasteiger partial charge in [0.1, 0.15) is 23.3 Å². The van der Waals surface area contributed by atoms with Gasteiger partial charge in [0, 0.05) is 11.3 Å². The first-order valence-corrected chi connectivity index (χ1v) is 10.6. The molecule has 2 heterocycles. The predicted octanol–water partition coefficient (Wildman–Crippen LogP) is 5.31. The third kappa shape index (κ3) is 3.68. The van der Waals surface area contributed by atoms with Crippen molar-refractivity contribution in [3.63, 3.8) is 0 Å². The largest absolute Gasteiger partial charge is 0.507 e. The molecule has 164 valence electrons. The van der Waals surface area contributed by atoms with Crippen LogP contribution in [-0.4, -0.2) is 23.4 Å². The zero-order valence-corrected chi connectivity index (χ0v) is 18.3. The number of nitrogens with zero attached hydrogens (tertiary/aromatic N) is 1. The zero-order chi connectivity index (χ0) is 22.8. The minimum absolute atomic E-state index is 0.0153. The number of carbonyl (C=O) groups is 2. The summed E-state index contributed by atoms with van der Waals surface area (Å²) in [5.41, 5.74) is 2.85. The number of ether oxygens (including phenoxy) is 1. The van der Waals surface area contributed by atoms with Crippen LogP contribution < -0.4 is 9.64 Å². The number of Topliss-reactive ketones (excluding diaryl/α,β-unsaturated/α-hetero) is 1. The monoisotopic (exact) mass is 431 g/mol. The van der Waals surface area contributed by atoms with Crippen molar-refractivity contribution in [2.75, 3.05) is 11.5 Å². The van der Waals surface area contributed by atoms with E-state index in [1.54, 1.807) is 42.5 Å². The normalized spacial score (nSPS) is 17.7. The lowest BCUT2D eigenvalue weighted by molar-refractivity contribution is -0.132. The number of rotatable bonds is 6. The highest BCUT2D eigenvalue weighted by atomic mass is 16.5. The van der Waals surface area contributed by atoms with E-state index in [4.69, 9.17) is 9.15 Å². The third-order valence-electron chi connectivity index (χ3n) is 5.67. The minimum atomic E-state index is -0.884. The molecule has 1 unspecified atom stereocenters. The number of furan rings is 1. The maximum Gasteiger partial charge on any atom is 0.300 e. The minimum Gasteiger partial charge on any atom is -0.507 e. The molecule has 0 bridgehead atoms. The van der Waals surface area contributed by atoms with Gasteiger partial charge in [0.2, 0.25) is 0 Å². The number of hydrogen-bond donors (Lipinski definition) is 1. The Morgan fingerprint density at radius 3 is 2.59 bits per heavy atom. The Balaban J connectivity index is 1.89. The number of carbonyl (C=O) groups excluding carboxylic acids is 2. The van der Waals surface area contributed by atoms with E-state index in [0.29, 0.717) is 29.4 Å². The Hall–Kier alpha value is -3.80. The van der Waals surface area contributed by atoms with E-state index in [9.17, 15) is 14.7 Å². The fourth-order valence-electron chi connectivity index (χ4n) is 3.90. The molecule has 6 heteroatoms. The quantitative estimate of drug-likeness (QED) is 0.325. The number of anilines is 1. The fourth-order valence-corrected chi connectivity index (χ4v) is 3.90. The molecule has 4 rings (SSSR count). The Morgan fingerprint density at radius 2 is 1.88 bits per heavy atom. The van der Waals surface area contributed by atoms with Crippen LogP contribution in [0.1, 0.15) is 41.8 Å². The van der Waals surface area contributed by atoms with Gasteiger partial charge >= 0.3 is 0 Å². The molecule has 1 aliphatic rings. The van der Waals surface area contributed by atoms with Gasteiger partial charge in [-0.05, 0) is 61.7 Å². The summed E-state index contributed by atoms with van der Waals surface area (Å²) in [4.78, 5) is 27.8. The van der Waals surface area contributed by atoms with E-state index >= 15 is 0 Å². The van der Waals surface area contributed by atoms with Gasteiger partial charge in [0.25, 0.3) is 11.7 Å². The molecule has 1 N–H and O–H groups in total. The molecule has 0 saturated carbocycles. The van der Waals surface area contributed by atoms with E-state index in [-0.39, 0.29) is 11.3 Å². The number of benzene rings is 2. The van der Waals surface area contributed by atoms with Gasteiger partial charge in [-0.1, -0.05) is 31.2 Å². The highest BCUT2D eigenvalue weighted by molar-refractivity contribution is 6.51. The number of amides is 1. The first-order chi connectivity index (χ1) is 15.4. The summed E-state index contributed by atoms with van der Waals surface area (Å²) in [6.45, 7) is 6.38. The van der Waals surface area contributed by atoms with Crippen LogP contribution in [0.15, 0.2) is 70.9 Å². The molecule has 1 amide bonds. The number of hydrogen-bond acceptors (Lipinski definition) is 5. The van der Waals surface area contributed by atoms with Crippen LogP contribution in [0.25, 0.3) is 5.76 Å². The van der Waals surface area contributed by atoms with Crippen molar-refractivity contribution in [1.82, 2.24) is 0 Å². The highest BCUT2D eigenvalue weighted by Crippen LogP contribution is 2.43. The predicted molar refractivity (Wildman–Crippen MR) is 122 cm³/mol. The Labute approximate surface area is 186 Å². The van der Waals surface area contributed by atoms with Crippen LogP contribution >= 0.6 is 0 Å². The summed E-state index contributed by atoms with van der Waals surface area (Å²) in [7, 11) is 0. The number of aliphatic hydroxyl groups excluding tert-OH is 1. The lowest BCUT2D eigenvalue weighted by Crippen LogP contribution is -2.30. The molecule has 0 radical (unpaired) electrons. The van der Waals surface area contributed by atoms with E-state index in [2.05, 4.69) is 0 Å². The number of ketones is 1. The Bertz CT molecular complexity index is 1190. The fraction of sp³-hybridized carbons (Fsp3) is 0.231. The molecule has 32 heavy (non-hydrogen) atoms. The molecule has 2 aromatic carbocycles. The maximum atomic E-state index is 13.2. The molecule has 1 fully saturated rings. The van der Waals surface area contributed by atoms with E-state index < -0.39 is 17.7 Å². The van der Waals surface area contributed by atoms with Gasteiger partial charge in [-0.25, -0.2) is 0 Å². The average molecular weight is 431 g/mol. The summed E-state index contributed by atoms with van der Waals surface area (Å²) in [6.07, 6.45) is 2.33. The van der Waals surface area contributed by atoms with Crippen molar-refractivity contribution in [2.24, 2.45) is 0 Å². The molecule has 6 nitrogen and oxygen atoms in total. The lowest BCUT2D eigenvalue weighted by atomic mass is 9.98. The first-order valence-electron chi connectivity index (χ1n) is 10.6. The number of aliphatic hydroxyl groups is 1. The SMILES string of the molecule is CCCOc1cccc(/C(O)=C2/C(=O)C(=O)N(c3cccc(C)c3C)C2c2ccco2)c1. The van der Waals surface area contributed by atoms with Gasteiger partial charge in [-0.15, -0.1) is 0 Å². The molecular weight excluding hydrogens is 406 g/mol. The second kappa shape index (κ2) is 8.75. The average Bonchev–Trinajstić information content (AvgIpc) is 3.41. The molecule has 0 aliphatic carbocycles. The van der Waals surface area contributed by atoms with Gasteiger partial charge in [0.15, 0.2) is 0 Å². The number of aryl methyl sites for hydroxylation is 1. The molecule has 1 aliphatic heterocycles. The van der Waals surface area contributed by atoms with Crippen LogP contribution in [0, 0.1) is 13.8 Å². The van der Waals surface area contributed by atoms with E-state index in [0.717, 1.165) is 17.5 Å². The summed E-state index contributed by atoms with van der Waals surface area (Å²) in [6, 6.07) is 14.9. The van der Waals surface area contributed by atoms with E-state index in [1.807, 2.05) is 32.9 Å². The summed E-state index contributed by atoms with van der Waals surface area (Å²) in [5.74, 6) is -0.761. The molecule has 1 aromatic heterocycles. The Morgan fingerprint density at radius 1 is 1.09 bits per heavy atom. The van der Waals surface area contributed by atoms with Crippen molar-refractivity contribution in [3.8, 4) is 5.75 Å². The Kier molecular flexibility index (Phi) is 5.86. The molecular formula is C26H25NO5. The van der Waals surface area contributed by atoms with Crippen LogP contribution in [0.3, 0.4) is 0 Å². The maximum absolute atomic E-state index is 13.2. The topological polar surface area (TPSA) is 80.0 Å². The summed E-state index contributed by atoms with van der Waals surface area (Å²) >= 11 is 0. The van der Waals surface area contributed by atoms with Gasteiger partial charge in [0.05, 0.1) is 18.4 Å². The van der Waals surface area contributed by atoms with Crippen molar-refractivity contribution in [3.05, 3.63) is 88.9 Å². The highest BCUT2D eigenvalue weighted by Gasteiger charge is 2.48. The second-order valence-corrected chi connectivity index (χ2v) is 7.78. The summed E-state index contributed by atoms with van der Waals surface area (Å²) in [5, 5.41) is 11.2. The molecule has 0 spiro atoms. The van der Waals surface area contributed by atoms with Crippen molar-refractivity contribution in [1.29, 1.82) is 0 Å². The summed E-state index contributed by atoms with van der Waals surface area (Å²) < 4.78 is 11.3. The van der Waals surface area contributed by atoms with Crippen LogP contribution in [0.5, 0.6) is 5.75 Å². The third-order valence-corrected chi connectivity index (χ3v) is 5.67.